The van der Waals surface area contributed by atoms with E-state index < -0.39 is 11.7 Å². The zero-order chi connectivity index (χ0) is 20.6. The minimum atomic E-state index is -4.31. The first kappa shape index (κ1) is 25.3. The predicted octanol–water partition coefficient (Wildman–Crippen LogP) is 3.65. The Morgan fingerprint density at radius 3 is 2.38 bits per heavy atom. The second-order valence-corrected chi connectivity index (χ2v) is 6.55. The van der Waals surface area contributed by atoms with Crippen LogP contribution in [0.25, 0.3) is 0 Å². The van der Waals surface area contributed by atoms with Crippen molar-refractivity contribution in [1.29, 1.82) is 0 Å². The number of amides is 1. The Hall–Kier alpha value is -1.72. The first-order valence-corrected chi connectivity index (χ1v) is 9.38. The van der Waals surface area contributed by atoms with Crippen LogP contribution >= 0.6 is 24.0 Å². The van der Waals surface area contributed by atoms with Gasteiger partial charge in [0.15, 0.2) is 5.96 Å². The third kappa shape index (κ3) is 8.27. The van der Waals surface area contributed by atoms with Gasteiger partial charge in [-0.1, -0.05) is 12.1 Å². The van der Waals surface area contributed by atoms with Crippen molar-refractivity contribution >= 4 is 36.0 Å². The SMILES string of the molecule is CCOC(=O)N1CCC(NC(=NC)NCCc2ccc(C(F)(F)F)cc2)CC1.I. The van der Waals surface area contributed by atoms with Crippen LogP contribution in [0.1, 0.15) is 30.9 Å². The van der Waals surface area contributed by atoms with Crippen LogP contribution < -0.4 is 10.6 Å². The number of carbonyl (C=O) groups excluding carboxylic acids is 1. The fourth-order valence-corrected chi connectivity index (χ4v) is 2.99. The van der Waals surface area contributed by atoms with Gasteiger partial charge in [0.1, 0.15) is 0 Å². The minimum absolute atomic E-state index is 0. The first-order chi connectivity index (χ1) is 13.3. The molecule has 1 aromatic carbocycles. The molecule has 0 radical (unpaired) electrons. The number of nitrogens with one attached hydrogen (secondary N) is 2. The van der Waals surface area contributed by atoms with Gasteiger partial charge in [-0.05, 0) is 43.9 Å². The fourth-order valence-electron chi connectivity index (χ4n) is 2.99. The Morgan fingerprint density at radius 2 is 1.86 bits per heavy atom. The molecule has 1 aliphatic heterocycles. The third-order valence-electron chi connectivity index (χ3n) is 4.57. The van der Waals surface area contributed by atoms with Gasteiger partial charge < -0.3 is 20.3 Å². The third-order valence-corrected chi connectivity index (χ3v) is 4.57. The molecule has 10 heteroatoms. The standard InChI is InChI=1S/C19H27F3N4O2.HI/c1-3-28-18(27)26-12-9-16(10-13-26)25-17(23-2)24-11-8-14-4-6-15(7-5-14)19(20,21)22;/h4-7,16H,3,8-13H2,1-2H3,(H2,23,24,25);1H. The number of aliphatic imine (C=N–C) groups is 1. The number of halogens is 4. The molecular formula is C19H28F3IN4O2. The molecule has 0 bridgehead atoms. The van der Waals surface area contributed by atoms with Gasteiger partial charge in [-0.3, -0.25) is 4.99 Å². The molecule has 2 rings (SSSR count). The summed E-state index contributed by atoms with van der Waals surface area (Å²) in [5.41, 5.74) is 0.176. The van der Waals surface area contributed by atoms with Crippen molar-refractivity contribution < 1.29 is 22.7 Å². The Kier molecular flexibility index (Phi) is 10.5. The summed E-state index contributed by atoms with van der Waals surface area (Å²) >= 11 is 0. The van der Waals surface area contributed by atoms with E-state index in [0.717, 1.165) is 30.5 Å². The number of guanidine groups is 1. The quantitative estimate of drug-likeness (QED) is 0.348. The Labute approximate surface area is 186 Å². The monoisotopic (exact) mass is 528 g/mol. The van der Waals surface area contributed by atoms with Crippen LogP contribution in [0, 0.1) is 0 Å². The van der Waals surface area contributed by atoms with Crippen molar-refractivity contribution in [3.63, 3.8) is 0 Å². The number of carbonyl (C=O) groups is 1. The van der Waals surface area contributed by atoms with E-state index in [1.165, 1.54) is 12.1 Å². The number of nitrogens with zero attached hydrogens (tertiary/aromatic N) is 2. The van der Waals surface area contributed by atoms with Crippen molar-refractivity contribution in [2.75, 3.05) is 33.3 Å². The Balaban J connectivity index is 0.00000420. The lowest BCUT2D eigenvalue weighted by molar-refractivity contribution is -0.137. The van der Waals surface area contributed by atoms with Gasteiger partial charge in [0.25, 0.3) is 0 Å². The van der Waals surface area contributed by atoms with Crippen molar-refractivity contribution in [1.82, 2.24) is 15.5 Å². The van der Waals surface area contributed by atoms with Crippen LogP contribution in [-0.4, -0.2) is 56.3 Å². The summed E-state index contributed by atoms with van der Waals surface area (Å²) in [5, 5.41) is 6.50. The van der Waals surface area contributed by atoms with Gasteiger partial charge in [0.2, 0.25) is 0 Å². The summed E-state index contributed by atoms with van der Waals surface area (Å²) in [4.78, 5) is 17.6. The lowest BCUT2D eigenvalue weighted by Crippen LogP contribution is -2.50. The van der Waals surface area contributed by atoms with Gasteiger partial charge in [0, 0.05) is 32.7 Å². The minimum Gasteiger partial charge on any atom is -0.450 e. The number of hydrogen-bond donors (Lipinski definition) is 2. The van der Waals surface area contributed by atoms with E-state index in [2.05, 4.69) is 15.6 Å². The van der Waals surface area contributed by atoms with E-state index in [1.54, 1.807) is 18.9 Å². The molecule has 1 saturated heterocycles. The van der Waals surface area contributed by atoms with Crippen molar-refractivity contribution in [3.8, 4) is 0 Å². The largest absolute Gasteiger partial charge is 0.450 e. The summed E-state index contributed by atoms with van der Waals surface area (Å²) in [7, 11) is 1.67. The fraction of sp³-hybridized carbons (Fsp3) is 0.579. The molecule has 1 aromatic rings. The highest BCUT2D eigenvalue weighted by Crippen LogP contribution is 2.29. The molecule has 29 heavy (non-hydrogen) atoms. The van der Waals surface area contributed by atoms with Crippen LogP contribution in [0.5, 0.6) is 0 Å². The van der Waals surface area contributed by atoms with E-state index in [0.29, 0.717) is 38.6 Å². The van der Waals surface area contributed by atoms with Gasteiger partial charge >= 0.3 is 12.3 Å². The topological polar surface area (TPSA) is 66.0 Å². The van der Waals surface area contributed by atoms with Crippen LogP contribution in [0.4, 0.5) is 18.0 Å². The molecule has 2 N–H and O–H groups in total. The zero-order valence-electron chi connectivity index (χ0n) is 16.6. The van der Waals surface area contributed by atoms with Gasteiger partial charge in [0.05, 0.1) is 12.2 Å². The van der Waals surface area contributed by atoms with E-state index in [1.807, 2.05) is 0 Å². The lowest BCUT2D eigenvalue weighted by Gasteiger charge is -2.32. The summed E-state index contributed by atoms with van der Waals surface area (Å²) < 4.78 is 42.8. The number of hydrogen-bond acceptors (Lipinski definition) is 3. The van der Waals surface area contributed by atoms with Crippen molar-refractivity contribution in [3.05, 3.63) is 35.4 Å². The predicted molar refractivity (Wildman–Crippen MR) is 117 cm³/mol. The maximum atomic E-state index is 12.6. The van der Waals surface area contributed by atoms with Crippen LogP contribution in [-0.2, 0) is 17.3 Å². The molecule has 0 saturated carbocycles. The molecule has 1 heterocycles. The van der Waals surface area contributed by atoms with Crippen molar-refractivity contribution in [2.45, 2.75) is 38.4 Å². The molecule has 0 aliphatic carbocycles. The smallest absolute Gasteiger partial charge is 0.416 e. The summed E-state index contributed by atoms with van der Waals surface area (Å²) in [5.74, 6) is 0.640. The molecule has 0 aromatic heterocycles. The molecular weight excluding hydrogens is 500 g/mol. The average molecular weight is 528 g/mol. The van der Waals surface area contributed by atoms with Gasteiger partial charge in [-0.15, -0.1) is 24.0 Å². The second-order valence-electron chi connectivity index (χ2n) is 6.55. The first-order valence-electron chi connectivity index (χ1n) is 9.38. The Morgan fingerprint density at radius 1 is 1.24 bits per heavy atom. The Bertz CT molecular complexity index is 660. The molecule has 1 fully saturated rings. The van der Waals surface area contributed by atoms with E-state index in [4.69, 9.17) is 4.74 Å². The average Bonchev–Trinajstić information content (AvgIpc) is 2.67. The summed E-state index contributed by atoms with van der Waals surface area (Å²) in [6.45, 7) is 3.95. The highest BCUT2D eigenvalue weighted by atomic mass is 127. The lowest BCUT2D eigenvalue weighted by atomic mass is 10.1. The van der Waals surface area contributed by atoms with E-state index in [9.17, 15) is 18.0 Å². The number of ether oxygens (including phenoxy) is 1. The number of likely N-dealkylation sites (tertiary alicyclic amines) is 1. The molecule has 164 valence electrons. The summed E-state index contributed by atoms with van der Waals surface area (Å²) in [6, 6.07) is 5.37. The number of alkyl halides is 3. The number of benzene rings is 1. The summed E-state index contributed by atoms with van der Waals surface area (Å²) in [6.07, 6.45) is -2.43. The van der Waals surface area contributed by atoms with Crippen molar-refractivity contribution in [2.24, 2.45) is 4.99 Å². The number of piperidine rings is 1. The molecule has 0 atom stereocenters. The molecule has 0 spiro atoms. The van der Waals surface area contributed by atoms with E-state index >= 15 is 0 Å². The number of rotatable bonds is 5. The van der Waals surface area contributed by atoms with E-state index in [-0.39, 0.29) is 36.1 Å². The molecule has 1 amide bonds. The maximum Gasteiger partial charge on any atom is 0.416 e. The van der Waals surface area contributed by atoms with Crippen LogP contribution in [0.2, 0.25) is 0 Å². The highest BCUT2D eigenvalue weighted by Gasteiger charge is 2.29. The molecule has 1 aliphatic rings. The maximum absolute atomic E-state index is 12.6. The van der Waals surface area contributed by atoms with Gasteiger partial charge in [-0.2, -0.15) is 13.2 Å². The molecule has 0 unspecified atom stereocenters. The van der Waals surface area contributed by atoms with Gasteiger partial charge in [-0.25, -0.2) is 4.79 Å². The second kappa shape index (κ2) is 12.1. The normalized spacial score (nSPS) is 15.5. The van der Waals surface area contributed by atoms with Crippen LogP contribution in [0.15, 0.2) is 29.3 Å². The molecule has 6 nitrogen and oxygen atoms in total. The van der Waals surface area contributed by atoms with Crippen LogP contribution in [0.3, 0.4) is 0 Å². The zero-order valence-corrected chi connectivity index (χ0v) is 18.9. The highest BCUT2D eigenvalue weighted by molar-refractivity contribution is 14.0.